The van der Waals surface area contributed by atoms with E-state index in [0.717, 1.165) is 9.80 Å². The average molecular weight is 513 g/mol. The summed E-state index contributed by atoms with van der Waals surface area (Å²) < 4.78 is 37.5. The van der Waals surface area contributed by atoms with Gasteiger partial charge in [-0.25, -0.2) is 4.79 Å². The van der Waals surface area contributed by atoms with Crippen LogP contribution in [-0.2, 0) is 36.1 Å². The summed E-state index contributed by atoms with van der Waals surface area (Å²) in [6.07, 6.45) is 0.902. The number of carbonyl (C=O) groups is 4. The van der Waals surface area contributed by atoms with Gasteiger partial charge in [-0.05, 0) is 6.92 Å². The van der Waals surface area contributed by atoms with Crippen molar-refractivity contribution in [2.75, 3.05) is 26.2 Å². The van der Waals surface area contributed by atoms with E-state index in [0.29, 0.717) is 22.9 Å². The Morgan fingerprint density at radius 1 is 1.23 bits per heavy atom. The van der Waals surface area contributed by atoms with E-state index in [4.69, 9.17) is 4.55 Å². The van der Waals surface area contributed by atoms with Crippen LogP contribution in [0.1, 0.15) is 43.1 Å². The number of hydrogen-bond donors (Lipinski definition) is 2. The van der Waals surface area contributed by atoms with Crippen LogP contribution < -0.4 is 0 Å². The third kappa shape index (κ3) is 4.21. The van der Waals surface area contributed by atoms with E-state index in [1.807, 2.05) is 0 Å². The zero-order valence-electron chi connectivity index (χ0n) is 18.8. The van der Waals surface area contributed by atoms with Gasteiger partial charge < -0.3 is 15.0 Å². The summed E-state index contributed by atoms with van der Waals surface area (Å²) in [7, 11) is -3.45. The second-order valence-electron chi connectivity index (χ2n) is 8.12. The molecule has 4 rings (SSSR count). The number of imide groups is 1. The zero-order valence-corrected chi connectivity index (χ0v) is 19.6. The molecule has 3 aliphatic heterocycles. The van der Waals surface area contributed by atoms with Crippen molar-refractivity contribution < 1.29 is 41.6 Å². The van der Waals surface area contributed by atoms with E-state index in [1.165, 1.54) is 15.8 Å². The van der Waals surface area contributed by atoms with E-state index in [9.17, 15) is 32.8 Å². The Bertz CT molecular complexity index is 1230. The molecular weight excluding hydrogens is 490 g/mol. The number of aromatic nitrogens is 2. The minimum absolute atomic E-state index is 0.0327. The van der Waals surface area contributed by atoms with Gasteiger partial charge in [-0.15, -0.1) is 4.28 Å². The first-order valence-corrected chi connectivity index (χ1v) is 12.0. The molecule has 2 atom stereocenters. The van der Waals surface area contributed by atoms with Gasteiger partial charge in [0.15, 0.2) is 0 Å². The Hall–Kier alpha value is -3.57. The van der Waals surface area contributed by atoms with Gasteiger partial charge in [-0.3, -0.25) is 28.5 Å². The van der Waals surface area contributed by atoms with Crippen LogP contribution in [0.4, 0.5) is 4.79 Å². The lowest BCUT2D eigenvalue weighted by Gasteiger charge is -2.33. The number of likely N-dealkylation sites (N-methyl/N-ethyl adjacent to an activating group) is 1. The number of rotatable bonds is 7. The van der Waals surface area contributed by atoms with Crippen LogP contribution in [0.5, 0.6) is 0 Å². The van der Waals surface area contributed by atoms with Crippen LogP contribution in [0.3, 0.4) is 0 Å². The van der Waals surface area contributed by atoms with Crippen molar-refractivity contribution in [3.05, 3.63) is 17.5 Å². The van der Waals surface area contributed by atoms with Crippen molar-refractivity contribution in [1.29, 1.82) is 0 Å². The van der Waals surface area contributed by atoms with Crippen molar-refractivity contribution in [2.24, 2.45) is 12.2 Å². The topological polar surface area (TPSA) is 195 Å². The molecule has 4 heterocycles. The molecule has 2 fully saturated rings. The van der Waals surface area contributed by atoms with E-state index in [-0.39, 0.29) is 38.2 Å². The molecule has 0 aromatic carbocycles. The molecule has 16 nitrogen and oxygen atoms in total. The van der Waals surface area contributed by atoms with Crippen LogP contribution in [0, 0.1) is 0 Å². The molecule has 2 saturated heterocycles. The number of piperazine rings is 1. The minimum Gasteiger partial charge on any atom is -0.411 e. The molecular formula is C18H23N7O9S. The molecule has 2 N–H and O–H groups in total. The van der Waals surface area contributed by atoms with Crippen molar-refractivity contribution in [1.82, 2.24) is 29.5 Å². The summed E-state index contributed by atoms with van der Waals surface area (Å²) in [5.74, 6) is -2.36. The molecule has 2 bridgehead atoms. The molecule has 0 radical (unpaired) electrons. The number of oxime groups is 1. The molecule has 0 unspecified atom stereocenters. The highest BCUT2D eigenvalue weighted by Gasteiger charge is 2.53. The van der Waals surface area contributed by atoms with Crippen molar-refractivity contribution >= 4 is 39.9 Å². The van der Waals surface area contributed by atoms with Crippen LogP contribution in [0.2, 0.25) is 0 Å². The fourth-order valence-electron chi connectivity index (χ4n) is 4.59. The summed E-state index contributed by atoms with van der Waals surface area (Å²) in [6, 6.07) is -2.87. The molecule has 0 spiro atoms. The summed E-state index contributed by atoms with van der Waals surface area (Å²) in [5.41, 5.74) is 0.751. The lowest BCUT2D eigenvalue weighted by molar-refractivity contribution is -0.160. The third-order valence-electron chi connectivity index (χ3n) is 6.24. The van der Waals surface area contributed by atoms with Crippen molar-refractivity contribution in [3.8, 4) is 0 Å². The van der Waals surface area contributed by atoms with Gasteiger partial charge in [0.2, 0.25) is 5.91 Å². The lowest BCUT2D eigenvalue weighted by Crippen LogP contribution is -2.56. The highest BCUT2D eigenvalue weighted by Crippen LogP contribution is 2.45. The first kappa shape index (κ1) is 24.6. The first-order chi connectivity index (χ1) is 16.5. The number of carbonyl (C=O) groups excluding carboxylic acids is 4. The van der Waals surface area contributed by atoms with E-state index >= 15 is 0 Å². The Morgan fingerprint density at radius 2 is 1.94 bits per heavy atom. The van der Waals surface area contributed by atoms with Crippen LogP contribution in [0.15, 0.2) is 11.4 Å². The first-order valence-electron chi connectivity index (χ1n) is 10.6. The van der Waals surface area contributed by atoms with E-state index < -0.39 is 46.2 Å². The molecule has 1 aromatic heterocycles. The fraction of sp³-hybridized carbons (Fsp3) is 0.556. The second-order valence-corrected chi connectivity index (χ2v) is 9.12. The fourth-order valence-corrected chi connectivity index (χ4v) is 4.96. The zero-order chi connectivity index (χ0) is 25.7. The molecule has 190 valence electrons. The van der Waals surface area contributed by atoms with Gasteiger partial charge in [0, 0.05) is 45.1 Å². The second kappa shape index (κ2) is 8.90. The maximum Gasteiger partial charge on any atom is 0.418 e. The maximum absolute atomic E-state index is 12.9. The Kier molecular flexibility index (Phi) is 6.24. The SMILES string of the molecule is CCN1CCN(C(=O)CC/C(=N\O)[C@@H]2c3c(cnn3C)[C@@H]3CN2C(=O)N3OS(=O)(=O)O)C(=O)C1=O. The predicted octanol–water partition coefficient (Wildman–Crippen LogP) is -1.18. The van der Waals surface area contributed by atoms with Gasteiger partial charge in [0.05, 0.1) is 24.1 Å². The highest BCUT2D eigenvalue weighted by molar-refractivity contribution is 7.80. The summed E-state index contributed by atoms with van der Waals surface area (Å²) in [4.78, 5) is 53.4. The maximum atomic E-state index is 12.9. The van der Waals surface area contributed by atoms with Crippen LogP contribution in [0.25, 0.3) is 0 Å². The monoisotopic (exact) mass is 513 g/mol. The number of hydroxylamine groups is 2. The number of urea groups is 1. The smallest absolute Gasteiger partial charge is 0.411 e. The van der Waals surface area contributed by atoms with Crippen molar-refractivity contribution in [2.45, 2.75) is 31.8 Å². The van der Waals surface area contributed by atoms with Crippen LogP contribution in [-0.4, -0.2) is 103 Å². The van der Waals surface area contributed by atoms with Crippen molar-refractivity contribution in [3.63, 3.8) is 0 Å². The number of aryl methyl sites for hydroxylation is 1. The van der Waals surface area contributed by atoms with Gasteiger partial charge in [0.25, 0.3) is 0 Å². The highest BCUT2D eigenvalue weighted by atomic mass is 32.3. The number of fused-ring (bicyclic) bond motifs is 4. The minimum atomic E-state index is -5.01. The van der Waals surface area contributed by atoms with Gasteiger partial charge in [-0.1, -0.05) is 5.16 Å². The van der Waals surface area contributed by atoms with E-state index in [2.05, 4.69) is 14.5 Å². The molecule has 17 heteroatoms. The number of nitrogens with zero attached hydrogens (tertiary/aromatic N) is 7. The van der Waals surface area contributed by atoms with Gasteiger partial charge in [0.1, 0.15) is 12.1 Å². The summed E-state index contributed by atoms with van der Waals surface area (Å²) in [5, 5.41) is 17.7. The Morgan fingerprint density at radius 3 is 2.57 bits per heavy atom. The summed E-state index contributed by atoms with van der Waals surface area (Å²) in [6.45, 7) is 2.23. The Balaban J connectivity index is 1.56. The molecule has 5 amide bonds. The summed E-state index contributed by atoms with van der Waals surface area (Å²) >= 11 is 0. The quantitative estimate of drug-likeness (QED) is 0.147. The van der Waals surface area contributed by atoms with Gasteiger partial charge >= 0.3 is 28.2 Å². The Labute approximate surface area is 199 Å². The standard InChI is InChI=1S/C18H23N7O9S/c1-3-22-6-7-23(17(28)16(22)27)13(26)5-4-11(20-30)15-14-10(8-19-21(14)2)12-9-24(15)18(29)25(12)34-35(31,32)33/h8,12,15,30H,3-7,9H2,1-2H3,(H,31,32,33)/b20-11+/t12-,15+/m0/s1. The molecule has 1 aromatic rings. The molecule has 0 aliphatic carbocycles. The molecule has 35 heavy (non-hydrogen) atoms. The molecule has 0 saturated carbocycles. The van der Waals surface area contributed by atoms with Crippen LogP contribution >= 0.6 is 0 Å². The average Bonchev–Trinajstić information content (AvgIpc) is 3.31. The van der Waals surface area contributed by atoms with E-state index in [1.54, 1.807) is 14.0 Å². The number of amides is 5. The third-order valence-corrected chi connectivity index (χ3v) is 6.59. The van der Waals surface area contributed by atoms with Gasteiger partial charge in [-0.2, -0.15) is 18.6 Å². The molecule has 3 aliphatic rings. The lowest BCUT2D eigenvalue weighted by atomic mass is 9.93. The predicted molar refractivity (Wildman–Crippen MR) is 113 cm³/mol. The largest absolute Gasteiger partial charge is 0.418 e. The number of hydrogen-bond acceptors (Lipinski definition) is 10. The normalized spacial score (nSPS) is 22.8.